The van der Waals surface area contributed by atoms with Crippen molar-refractivity contribution >= 4 is 17.2 Å². The molecule has 0 saturated heterocycles. The summed E-state index contributed by atoms with van der Waals surface area (Å²) in [6.45, 7) is 2.54. The van der Waals surface area contributed by atoms with Crippen LogP contribution < -0.4 is 10.2 Å². The Morgan fingerprint density at radius 3 is 2.43 bits per heavy atom. The van der Waals surface area contributed by atoms with Crippen LogP contribution in [0.2, 0.25) is 0 Å². The molecule has 4 aliphatic carbocycles. The lowest BCUT2D eigenvalue weighted by Gasteiger charge is -2.57. The Morgan fingerprint density at radius 1 is 1.30 bits per heavy atom. The number of nitrogens with one attached hydrogen (secondary N) is 2. The number of carbonyl (C=O) groups is 1. The first-order chi connectivity index (χ1) is 11.0. The normalized spacial score (nSPS) is 35.5. The predicted molar refractivity (Wildman–Crippen MR) is 91.1 cm³/mol. The maximum Gasteiger partial charge on any atom is 0.304 e. The fraction of sp³-hybridized carbons (Fsp3) is 0.667. The molecule has 23 heavy (non-hydrogen) atoms. The zero-order valence-electron chi connectivity index (χ0n) is 13.6. The van der Waals surface area contributed by atoms with Gasteiger partial charge in [-0.05, 0) is 68.6 Å². The van der Waals surface area contributed by atoms with E-state index in [1.807, 2.05) is 6.08 Å². The van der Waals surface area contributed by atoms with E-state index in [4.69, 9.17) is 0 Å². The van der Waals surface area contributed by atoms with E-state index in [0.29, 0.717) is 12.0 Å². The van der Waals surface area contributed by atoms with Crippen LogP contribution in [0.15, 0.2) is 21.8 Å². The minimum atomic E-state index is -0.0745. The topological polar surface area (TPSA) is 62.0 Å². The smallest absolute Gasteiger partial charge is 0.304 e. The molecule has 0 atom stereocenters. The molecule has 5 heteroatoms. The average Bonchev–Trinajstić information content (AvgIpc) is 2.89. The van der Waals surface area contributed by atoms with Gasteiger partial charge in [-0.1, -0.05) is 16.9 Å². The van der Waals surface area contributed by atoms with Crippen molar-refractivity contribution in [2.75, 3.05) is 0 Å². The number of hydrogen-bond acceptors (Lipinski definition) is 3. The van der Waals surface area contributed by atoms with Gasteiger partial charge in [-0.15, -0.1) is 0 Å². The Balaban J connectivity index is 1.43. The van der Waals surface area contributed by atoms with Crippen molar-refractivity contribution in [3.8, 4) is 0 Å². The van der Waals surface area contributed by atoms with Crippen LogP contribution >= 0.6 is 11.3 Å². The summed E-state index contributed by atoms with van der Waals surface area (Å²) >= 11 is 1.13. The number of allylic oxidation sites excluding steroid dienone is 1. The van der Waals surface area contributed by atoms with Crippen LogP contribution in [-0.2, 0) is 11.3 Å². The van der Waals surface area contributed by atoms with Crippen molar-refractivity contribution in [3.63, 3.8) is 0 Å². The molecule has 1 aromatic rings. The van der Waals surface area contributed by atoms with Gasteiger partial charge >= 0.3 is 4.87 Å². The van der Waals surface area contributed by atoms with Gasteiger partial charge < -0.3 is 10.3 Å². The predicted octanol–water partition coefficient (Wildman–Crippen LogP) is 3.22. The molecule has 1 heterocycles. The van der Waals surface area contributed by atoms with Gasteiger partial charge in [0.15, 0.2) is 0 Å². The maximum absolute atomic E-state index is 12.3. The zero-order chi connectivity index (χ0) is 16.0. The summed E-state index contributed by atoms with van der Waals surface area (Å²) in [5.41, 5.74) is 2.34. The van der Waals surface area contributed by atoms with Crippen molar-refractivity contribution in [1.29, 1.82) is 0 Å². The lowest BCUT2D eigenvalue weighted by atomic mass is 9.48. The van der Waals surface area contributed by atoms with Crippen LogP contribution in [0.4, 0.5) is 0 Å². The number of aromatic amines is 1. The summed E-state index contributed by atoms with van der Waals surface area (Å²) in [7, 11) is 0. The summed E-state index contributed by atoms with van der Waals surface area (Å²) in [6, 6.07) is 0. The van der Waals surface area contributed by atoms with Crippen LogP contribution in [0.5, 0.6) is 0 Å². The quantitative estimate of drug-likeness (QED) is 0.832. The van der Waals surface area contributed by atoms with Crippen LogP contribution in [0.25, 0.3) is 0 Å². The molecular formula is C18H24N2O2S. The Kier molecular flexibility index (Phi) is 3.71. The first kappa shape index (κ1) is 15.2. The van der Waals surface area contributed by atoms with E-state index in [-0.39, 0.29) is 10.8 Å². The number of hydrogen-bond donors (Lipinski definition) is 2. The highest BCUT2D eigenvalue weighted by molar-refractivity contribution is 7.07. The molecule has 2 N–H and O–H groups in total. The Hall–Kier alpha value is -1.36. The van der Waals surface area contributed by atoms with Crippen LogP contribution in [0, 0.1) is 23.2 Å². The SMILES string of the molecule is C/C(=C\C(=O)NCc1csc(=O)[nH]1)C12CC3CC(CC(C3)C1)C2. The molecule has 4 saturated carbocycles. The maximum atomic E-state index is 12.3. The van der Waals surface area contributed by atoms with Crippen molar-refractivity contribution < 1.29 is 4.79 Å². The first-order valence-corrected chi connectivity index (χ1v) is 9.54. The molecule has 0 spiro atoms. The van der Waals surface area contributed by atoms with Crippen LogP contribution in [-0.4, -0.2) is 10.9 Å². The summed E-state index contributed by atoms with van der Waals surface area (Å²) in [6.07, 6.45) is 9.93. The lowest BCUT2D eigenvalue weighted by molar-refractivity contribution is -0.116. The summed E-state index contributed by atoms with van der Waals surface area (Å²) in [5, 5.41) is 4.66. The Bertz CT molecular complexity index is 665. The van der Waals surface area contributed by atoms with Gasteiger partial charge in [-0.2, -0.15) is 0 Å². The number of carbonyl (C=O) groups excluding carboxylic acids is 1. The molecule has 4 bridgehead atoms. The first-order valence-electron chi connectivity index (χ1n) is 8.66. The minimum absolute atomic E-state index is 0.0368. The molecule has 5 rings (SSSR count). The van der Waals surface area contributed by atoms with Gasteiger partial charge in [-0.3, -0.25) is 9.59 Å². The Labute approximate surface area is 140 Å². The second-order valence-electron chi connectivity index (χ2n) is 7.92. The summed E-state index contributed by atoms with van der Waals surface area (Å²) in [5.74, 6) is 2.64. The third-order valence-corrected chi connectivity index (χ3v) is 6.96. The molecule has 1 amide bonds. The second kappa shape index (κ2) is 5.62. The molecule has 0 aliphatic heterocycles. The number of thiazole rings is 1. The third-order valence-electron chi connectivity index (χ3n) is 6.25. The van der Waals surface area contributed by atoms with E-state index in [0.717, 1.165) is 34.8 Å². The number of rotatable bonds is 4. The molecule has 4 aliphatic rings. The van der Waals surface area contributed by atoms with Crippen molar-refractivity contribution in [3.05, 3.63) is 32.4 Å². The minimum Gasteiger partial charge on any atom is -0.347 e. The lowest BCUT2D eigenvalue weighted by Crippen LogP contribution is -2.46. The molecule has 4 nitrogen and oxygen atoms in total. The van der Waals surface area contributed by atoms with Crippen molar-refractivity contribution in [2.45, 2.75) is 52.0 Å². The van der Waals surface area contributed by atoms with Gasteiger partial charge in [0.1, 0.15) is 0 Å². The van der Waals surface area contributed by atoms with Gasteiger partial charge in [0.2, 0.25) is 5.91 Å². The molecule has 124 valence electrons. The highest BCUT2D eigenvalue weighted by atomic mass is 32.1. The van der Waals surface area contributed by atoms with E-state index in [1.165, 1.54) is 44.1 Å². The van der Waals surface area contributed by atoms with Crippen LogP contribution in [0.3, 0.4) is 0 Å². The summed E-state index contributed by atoms with van der Waals surface area (Å²) in [4.78, 5) is 26.0. The Morgan fingerprint density at radius 2 is 1.91 bits per heavy atom. The van der Waals surface area contributed by atoms with E-state index in [2.05, 4.69) is 17.2 Å². The largest absolute Gasteiger partial charge is 0.347 e. The van der Waals surface area contributed by atoms with Crippen LogP contribution in [0.1, 0.15) is 51.1 Å². The molecule has 0 aromatic carbocycles. The summed E-state index contributed by atoms with van der Waals surface area (Å²) < 4.78 is 0. The van der Waals surface area contributed by atoms with E-state index in [1.54, 1.807) is 5.38 Å². The number of aromatic nitrogens is 1. The van der Waals surface area contributed by atoms with Crippen molar-refractivity contribution in [2.24, 2.45) is 23.2 Å². The fourth-order valence-corrected chi connectivity index (χ4v) is 6.16. The van der Waals surface area contributed by atoms with Gasteiger partial charge in [0, 0.05) is 17.2 Å². The van der Waals surface area contributed by atoms with Gasteiger partial charge in [0.05, 0.1) is 6.54 Å². The van der Waals surface area contributed by atoms with Crippen molar-refractivity contribution in [1.82, 2.24) is 10.3 Å². The van der Waals surface area contributed by atoms with Gasteiger partial charge in [-0.25, -0.2) is 0 Å². The van der Waals surface area contributed by atoms with E-state index < -0.39 is 0 Å². The highest BCUT2D eigenvalue weighted by Gasteiger charge is 2.51. The number of H-pyrrole nitrogens is 1. The number of amides is 1. The zero-order valence-corrected chi connectivity index (χ0v) is 14.4. The van der Waals surface area contributed by atoms with E-state index in [9.17, 15) is 9.59 Å². The van der Waals surface area contributed by atoms with Gasteiger partial charge in [0.25, 0.3) is 0 Å². The highest BCUT2D eigenvalue weighted by Crippen LogP contribution is 2.62. The van der Waals surface area contributed by atoms with E-state index >= 15 is 0 Å². The second-order valence-corrected chi connectivity index (χ2v) is 8.76. The third kappa shape index (κ3) is 2.91. The molecule has 1 aromatic heterocycles. The fourth-order valence-electron chi connectivity index (χ4n) is 5.58. The molecule has 0 radical (unpaired) electrons. The molecule has 0 unspecified atom stereocenters. The average molecular weight is 332 g/mol. The molecule has 4 fully saturated rings. The molecular weight excluding hydrogens is 308 g/mol. The monoisotopic (exact) mass is 332 g/mol. The standard InChI is InChI=1S/C18H24N2O2S/c1-11(2-16(21)19-9-15-10-23-17(22)20-15)18-6-12-3-13(7-18)5-14(4-12)8-18/h2,10,12-14H,3-9H2,1H3,(H,19,21)(H,20,22)/b11-2+.